The molecule has 1 fully saturated rings. The van der Waals surface area contributed by atoms with Crippen LogP contribution in [0.3, 0.4) is 0 Å². The Morgan fingerprint density at radius 1 is 1.02 bits per heavy atom. The van der Waals surface area contributed by atoms with E-state index in [0.29, 0.717) is 6.54 Å². The molecule has 3 atom stereocenters. The van der Waals surface area contributed by atoms with Crippen LogP contribution >= 0.6 is 0 Å². The van der Waals surface area contributed by atoms with Gasteiger partial charge in [0.15, 0.2) is 14.0 Å². The topological polar surface area (TPSA) is 85.9 Å². The maximum Gasteiger partial charge on any atom is 0.343 e. The van der Waals surface area contributed by atoms with Gasteiger partial charge >= 0.3 is 5.97 Å². The van der Waals surface area contributed by atoms with Crippen molar-refractivity contribution in [2.45, 2.75) is 76.3 Å². The molecule has 5 aromatic rings. The maximum atomic E-state index is 14.7. The van der Waals surface area contributed by atoms with E-state index in [-0.39, 0.29) is 17.4 Å². The number of hydrogen-bond donors (Lipinski definition) is 1. The number of fused-ring (bicyclic) bond motifs is 13. The van der Waals surface area contributed by atoms with Crippen molar-refractivity contribution in [3.05, 3.63) is 59.7 Å². The number of methoxy groups -OCH3 is 1. The SMILES string of the molecule is COC(=O)[C@]1(O)C[C@@H]2O[C@@]1(C)n1c3ccccc3c3c4c(c5c6ccccc6n2c5c31)C(=O)N([Si](C)(C)C(C)(C)C)C4. The van der Waals surface area contributed by atoms with E-state index in [0.717, 1.165) is 54.7 Å². The van der Waals surface area contributed by atoms with Crippen LogP contribution in [-0.4, -0.2) is 51.6 Å². The summed E-state index contributed by atoms with van der Waals surface area (Å²) in [6, 6.07) is 16.1. The van der Waals surface area contributed by atoms with Gasteiger partial charge in [0.2, 0.25) is 11.5 Å². The van der Waals surface area contributed by atoms with Crippen molar-refractivity contribution in [3.63, 3.8) is 0 Å². The number of aromatic nitrogens is 2. The van der Waals surface area contributed by atoms with Crippen LogP contribution < -0.4 is 0 Å². The molecule has 1 N–H and O–H groups in total. The van der Waals surface area contributed by atoms with E-state index in [2.05, 4.69) is 55.1 Å². The Morgan fingerprint density at radius 2 is 1.64 bits per heavy atom. The van der Waals surface area contributed by atoms with Crippen molar-refractivity contribution in [2.24, 2.45) is 0 Å². The fraction of sp³-hybridized carbons (Fsp3) is 0.394. The van der Waals surface area contributed by atoms with Crippen molar-refractivity contribution in [1.82, 2.24) is 13.7 Å². The quantitative estimate of drug-likeness (QED) is 0.193. The van der Waals surface area contributed by atoms with E-state index in [1.165, 1.54) is 7.11 Å². The summed E-state index contributed by atoms with van der Waals surface area (Å²) < 4.78 is 18.3. The predicted molar refractivity (Wildman–Crippen MR) is 165 cm³/mol. The van der Waals surface area contributed by atoms with Gasteiger partial charge in [-0.2, -0.15) is 0 Å². The van der Waals surface area contributed by atoms with Gasteiger partial charge < -0.3 is 28.3 Å². The Morgan fingerprint density at radius 3 is 2.29 bits per heavy atom. The summed E-state index contributed by atoms with van der Waals surface area (Å²) in [6.07, 6.45) is -0.646. The molecular formula is C33H35N3O5Si. The summed E-state index contributed by atoms with van der Waals surface area (Å²) in [5.74, 6) is -0.638. The van der Waals surface area contributed by atoms with Gasteiger partial charge in [0.25, 0.3) is 0 Å². The second-order valence-corrected chi connectivity index (χ2v) is 19.0. The van der Waals surface area contributed by atoms with Crippen molar-refractivity contribution in [1.29, 1.82) is 0 Å². The van der Waals surface area contributed by atoms with Crippen LogP contribution in [0.25, 0.3) is 43.6 Å². The molecular weight excluding hydrogens is 546 g/mol. The number of nitrogens with zero attached hydrogens (tertiary/aromatic N) is 3. The van der Waals surface area contributed by atoms with Crippen LogP contribution in [0.5, 0.6) is 0 Å². The summed E-state index contributed by atoms with van der Waals surface area (Å²) in [5.41, 5.74) is 1.89. The molecule has 0 aliphatic carbocycles. The van der Waals surface area contributed by atoms with Crippen LogP contribution in [0, 0.1) is 0 Å². The number of esters is 1. The smallest absolute Gasteiger partial charge is 0.343 e. The summed E-state index contributed by atoms with van der Waals surface area (Å²) in [5, 5.41) is 16.0. The average Bonchev–Trinajstić information content (AvgIpc) is 3.63. The number of hydrogen-bond acceptors (Lipinski definition) is 5. The Kier molecular flexibility index (Phi) is 4.73. The fourth-order valence-corrected chi connectivity index (χ4v) is 9.80. The third-order valence-corrected chi connectivity index (χ3v) is 16.4. The second-order valence-electron chi connectivity index (χ2n) is 13.9. The third kappa shape index (κ3) is 2.67. The number of benzene rings is 3. The van der Waals surface area contributed by atoms with Crippen molar-refractivity contribution >= 4 is 63.7 Å². The molecule has 8 rings (SSSR count). The molecule has 5 heterocycles. The normalized spacial score (nSPS) is 25.4. The van der Waals surface area contributed by atoms with Crippen LogP contribution in [0.4, 0.5) is 0 Å². The molecule has 0 saturated carbocycles. The van der Waals surface area contributed by atoms with Gasteiger partial charge in [0.1, 0.15) is 6.23 Å². The second kappa shape index (κ2) is 7.64. The van der Waals surface area contributed by atoms with Gasteiger partial charge in [-0.3, -0.25) is 4.79 Å². The number of aliphatic hydroxyl groups is 1. The zero-order valence-electron chi connectivity index (χ0n) is 25.0. The highest BCUT2D eigenvalue weighted by atomic mass is 28.3. The van der Waals surface area contributed by atoms with Crippen LogP contribution in [0.1, 0.15) is 56.3 Å². The van der Waals surface area contributed by atoms with E-state index in [4.69, 9.17) is 9.47 Å². The lowest BCUT2D eigenvalue weighted by molar-refractivity contribution is -0.202. The van der Waals surface area contributed by atoms with Crippen LogP contribution in [-0.2, 0) is 26.5 Å². The lowest BCUT2D eigenvalue weighted by Gasteiger charge is -2.43. The van der Waals surface area contributed by atoms with E-state index in [9.17, 15) is 14.7 Å². The molecule has 3 aliphatic rings. The Labute approximate surface area is 244 Å². The molecule has 42 heavy (non-hydrogen) atoms. The highest BCUT2D eigenvalue weighted by Crippen LogP contribution is 2.58. The number of para-hydroxylation sites is 2. The molecule has 216 valence electrons. The van der Waals surface area contributed by atoms with Gasteiger partial charge in [-0.1, -0.05) is 70.3 Å². The average molecular weight is 582 g/mol. The molecule has 3 aliphatic heterocycles. The molecule has 0 unspecified atom stereocenters. The molecule has 2 aromatic heterocycles. The molecule has 1 amide bonds. The maximum absolute atomic E-state index is 14.7. The van der Waals surface area contributed by atoms with Gasteiger partial charge in [0.05, 0.1) is 34.7 Å². The molecule has 3 aromatic carbocycles. The van der Waals surface area contributed by atoms with E-state index in [1.54, 1.807) is 6.92 Å². The number of ether oxygens (including phenoxy) is 2. The van der Waals surface area contributed by atoms with Crippen molar-refractivity contribution in [2.75, 3.05) is 7.11 Å². The summed E-state index contributed by atoms with van der Waals surface area (Å²) >= 11 is 0. The number of amides is 1. The minimum atomic E-state index is -2.25. The standard InChI is InChI=1S/C33H35N3O5Si/c1-31(2,3)42(6,7)34-17-20-24-19-13-9-11-15-22(19)36-28(24)27-25(26(20)29(34)37)18-12-8-10-14-21(18)35(27)23-16-33(39,30(38)40-5)32(36,4)41-23/h8-15,23,39H,16-17H2,1-7H3/t23-,32+,33+/m0/s1. The molecule has 2 bridgehead atoms. The minimum Gasteiger partial charge on any atom is -0.467 e. The van der Waals surface area contributed by atoms with Crippen molar-refractivity contribution in [3.8, 4) is 0 Å². The largest absolute Gasteiger partial charge is 0.467 e. The third-order valence-electron chi connectivity index (χ3n) is 11.0. The van der Waals surface area contributed by atoms with Crippen LogP contribution in [0.15, 0.2) is 48.5 Å². The highest BCUT2D eigenvalue weighted by Gasteiger charge is 2.66. The first-order valence-corrected chi connectivity index (χ1v) is 17.5. The minimum absolute atomic E-state index is 0.0124. The van der Waals surface area contributed by atoms with E-state index < -0.39 is 31.8 Å². The van der Waals surface area contributed by atoms with Gasteiger partial charge in [-0.15, -0.1) is 0 Å². The first kappa shape index (κ1) is 26.0. The van der Waals surface area contributed by atoms with E-state index >= 15 is 0 Å². The molecule has 0 spiro atoms. The Balaban J connectivity index is 1.63. The fourth-order valence-electron chi connectivity index (χ4n) is 7.82. The van der Waals surface area contributed by atoms with Gasteiger partial charge in [-0.05, 0) is 29.7 Å². The van der Waals surface area contributed by atoms with Crippen molar-refractivity contribution < 1.29 is 24.2 Å². The first-order chi connectivity index (χ1) is 19.8. The first-order valence-electron chi connectivity index (χ1n) is 14.6. The number of rotatable bonds is 2. The lowest BCUT2D eigenvalue weighted by atomic mass is 9.88. The van der Waals surface area contributed by atoms with Gasteiger partial charge in [-0.25, -0.2) is 4.79 Å². The Bertz CT molecular complexity index is 2070. The van der Waals surface area contributed by atoms with Crippen LogP contribution in [0.2, 0.25) is 18.1 Å². The molecule has 9 heteroatoms. The summed E-state index contributed by atoms with van der Waals surface area (Å²) in [7, 11) is -0.951. The molecule has 1 saturated heterocycles. The number of carbonyl (C=O) groups is 2. The molecule has 8 nitrogen and oxygen atoms in total. The number of carbonyl (C=O) groups excluding carboxylic acids is 2. The van der Waals surface area contributed by atoms with Gasteiger partial charge in [0, 0.05) is 34.5 Å². The molecule has 0 radical (unpaired) electrons. The zero-order valence-corrected chi connectivity index (χ0v) is 26.0. The van der Waals surface area contributed by atoms with E-state index in [1.807, 2.05) is 41.0 Å². The highest BCUT2D eigenvalue weighted by molar-refractivity contribution is 6.80. The predicted octanol–water partition coefficient (Wildman–Crippen LogP) is 6.37. The lowest BCUT2D eigenvalue weighted by Crippen LogP contribution is -2.56. The summed E-state index contributed by atoms with van der Waals surface area (Å²) in [6.45, 7) is 13.6. The Hall–Kier alpha value is -3.66. The summed E-state index contributed by atoms with van der Waals surface area (Å²) in [4.78, 5) is 28.1. The monoisotopic (exact) mass is 581 g/mol. The zero-order chi connectivity index (χ0) is 29.7.